The Morgan fingerprint density at radius 1 is 1.33 bits per heavy atom. The van der Waals surface area contributed by atoms with E-state index < -0.39 is 5.60 Å². The zero-order chi connectivity index (χ0) is 13.3. The molecule has 0 amide bonds. The number of carbonyl (C=O) groups excluding carboxylic acids is 1. The van der Waals surface area contributed by atoms with E-state index in [4.69, 9.17) is 10.5 Å². The Hall–Kier alpha value is -1.81. The minimum Gasteiger partial charge on any atom is -0.456 e. The van der Waals surface area contributed by atoms with Crippen LogP contribution in [0.5, 0.6) is 0 Å². The van der Waals surface area contributed by atoms with E-state index in [0.29, 0.717) is 12.1 Å². The Morgan fingerprint density at radius 2 is 2.06 bits per heavy atom. The molecular formula is C14H18N2O2. The average molecular weight is 246 g/mol. The van der Waals surface area contributed by atoms with Gasteiger partial charge in [0.05, 0.1) is 5.56 Å². The molecule has 0 bridgehead atoms. The number of benzene rings is 1. The number of rotatable bonds is 2. The third-order valence-electron chi connectivity index (χ3n) is 2.53. The lowest BCUT2D eigenvalue weighted by Crippen LogP contribution is -2.23. The number of carbonyl (C=O) groups is 1. The highest BCUT2D eigenvalue weighted by Crippen LogP contribution is 2.19. The summed E-state index contributed by atoms with van der Waals surface area (Å²) in [6.07, 6.45) is 0. The molecule has 2 aromatic rings. The molecule has 0 saturated heterocycles. The van der Waals surface area contributed by atoms with Crippen LogP contribution in [0.4, 0.5) is 0 Å². The van der Waals surface area contributed by atoms with Gasteiger partial charge in [-0.3, -0.25) is 0 Å². The number of aromatic amines is 1. The number of H-pyrrole nitrogens is 1. The molecule has 0 atom stereocenters. The first-order valence-electron chi connectivity index (χ1n) is 5.94. The van der Waals surface area contributed by atoms with E-state index >= 15 is 0 Å². The minimum atomic E-state index is -0.482. The van der Waals surface area contributed by atoms with Crippen LogP contribution in [0.15, 0.2) is 24.3 Å². The van der Waals surface area contributed by atoms with E-state index in [9.17, 15) is 4.79 Å². The molecule has 0 spiro atoms. The zero-order valence-electron chi connectivity index (χ0n) is 10.9. The summed E-state index contributed by atoms with van der Waals surface area (Å²) in [4.78, 5) is 15.1. The van der Waals surface area contributed by atoms with Crippen molar-refractivity contribution < 1.29 is 9.53 Å². The first-order valence-corrected chi connectivity index (χ1v) is 5.94. The van der Waals surface area contributed by atoms with E-state index in [0.717, 1.165) is 16.6 Å². The van der Waals surface area contributed by atoms with E-state index in [1.165, 1.54) is 0 Å². The van der Waals surface area contributed by atoms with Crippen molar-refractivity contribution >= 4 is 16.9 Å². The minimum absolute atomic E-state index is 0.312. The Labute approximate surface area is 106 Å². The van der Waals surface area contributed by atoms with Crippen LogP contribution in [0.2, 0.25) is 0 Å². The summed E-state index contributed by atoms with van der Waals surface area (Å²) in [6, 6.07) is 7.44. The highest BCUT2D eigenvalue weighted by atomic mass is 16.6. The summed E-state index contributed by atoms with van der Waals surface area (Å²) in [5.41, 5.74) is 7.49. The molecule has 0 aliphatic heterocycles. The molecule has 0 aliphatic carbocycles. The molecule has 4 heteroatoms. The molecule has 0 aliphatic rings. The standard InChI is InChI=1S/C14H18N2O2/c1-14(2,3)18-13(17)10-5-4-9-6-11(8-15)16-12(9)7-10/h4-7,16H,8,15H2,1-3H3. The number of hydrogen-bond donors (Lipinski definition) is 2. The Bertz CT molecular complexity index is 579. The molecule has 0 fully saturated rings. The molecule has 18 heavy (non-hydrogen) atoms. The van der Waals surface area contributed by atoms with E-state index in [-0.39, 0.29) is 5.97 Å². The molecule has 1 aromatic heterocycles. The monoisotopic (exact) mass is 246 g/mol. The predicted octanol–water partition coefficient (Wildman–Crippen LogP) is 2.58. The lowest BCUT2D eigenvalue weighted by Gasteiger charge is -2.19. The maximum absolute atomic E-state index is 11.9. The van der Waals surface area contributed by atoms with Crippen LogP contribution in [0.1, 0.15) is 36.8 Å². The summed E-state index contributed by atoms with van der Waals surface area (Å²) in [5.74, 6) is -0.312. The van der Waals surface area contributed by atoms with Gasteiger partial charge in [-0.25, -0.2) is 4.79 Å². The van der Waals surface area contributed by atoms with Crippen LogP contribution in [0.3, 0.4) is 0 Å². The molecule has 1 aromatic carbocycles. The lowest BCUT2D eigenvalue weighted by atomic mass is 10.1. The number of hydrogen-bond acceptors (Lipinski definition) is 3. The number of nitrogens with one attached hydrogen (secondary N) is 1. The molecule has 1 heterocycles. The van der Waals surface area contributed by atoms with Gasteiger partial charge in [0.1, 0.15) is 5.60 Å². The van der Waals surface area contributed by atoms with Crippen molar-refractivity contribution in [2.45, 2.75) is 32.9 Å². The van der Waals surface area contributed by atoms with Gasteiger partial charge in [0.15, 0.2) is 0 Å². The van der Waals surface area contributed by atoms with Crippen LogP contribution in [0.25, 0.3) is 10.9 Å². The Kier molecular flexibility index (Phi) is 3.13. The third-order valence-corrected chi connectivity index (χ3v) is 2.53. The first kappa shape index (κ1) is 12.6. The number of ether oxygens (including phenoxy) is 1. The molecule has 4 nitrogen and oxygen atoms in total. The number of esters is 1. The molecule has 0 radical (unpaired) electrons. The van der Waals surface area contributed by atoms with Crippen molar-refractivity contribution in [3.8, 4) is 0 Å². The van der Waals surface area contributed by atoms with Crippen LogP contribution >= 0.6 is 0 Å². The number of nitrogens with two attached hydrogens (primary N) is 1. The van der Waals surface area contributed by atoms with Gasteiger partial charge >= 0.3 is 5.97 Å². The van der Waals surface area contributed by atoms with Gasteiger partial charge in [-0.15, -0.1) is 0 Å². The fraction of sp³-hybridized carbons (Fsp3) is 0.357. The second-order valence-corrected chi connectivity index (χ2v) is 5.30. The lowest BCUT2D eigenvalue weighted by molar-refractivity contribution is 0.00697. The average Bonchev–Trinajstić information content (AvgIpc) is 2.68. The summed E-state index contributed by atoms with van der Waals surface area (Å²) < 4.78 is 5.33. The van der Waals surface area contributed by atoms with E-state index in [1.54, 1.807) is 12.1 Å². The second-order valence-electron chi connectivity index (χ2n) is 5.30. The van der Waals surface area contributed by atoms with E-state index in [2.05, 4.69) is 4.98 Å². The molecule has 96 valence electrons. The fourth-order valence-corrected chi connectivity index (χ4v) is 1.76. The Balaban J connectivity index is 2.32. The zero-order valence-corrected chi connectivity index (χ0v) is 10.9. The van der Waals surface area contributed by atoms with Gasteiger partial charge in [-0.05, 0) is 44.4 Å². The Morgan fingerprint density at radius 3 is 2.67 bits per heavy atom. The topological polar surface area (TPSA) is 68.1 Å². The van der Waals surface area contributed by atoms with Gasteiger partial charge in [-0.1, -0.05) is 6.07 Å². The van der Waals surface area contributed by atoms with E-state index in [1.807, 2.05) is 32.9 Å². The first-order chi connectivity index (χ1) is 8.39. The molecule has 3 N–H and O–H groups in total. The molecule has 2 rings (SSSR count). The molecular weight excluding hydrogens is 228 g/mol. The van der Waals surface area contributed by atoms with Crippen molar-refractivity contribution in [3.63, 3.8) is 0 Å². The van der Waals surface area contributed by atoms with Gasteiger partial charge in [0.2, 0.25) is 0 Å². The number of fused-ring (bicyclic) bond motifs is 1. The van der Waals surface area contributed by atoms with Crippen molar-refractivity contribution in [2.24, 2.45) is 5.73 Å². The van der Waals surface area contributed by atoms with Gasteiger partial charge in [-0.2, -0.15) is 0 Å². The highest BCUT2D eigenvalue weighted by molar-refractivity contribution is 5.94. The molecule has 0 saturated carbocycles. The summed E-state index contributed by atoms with van der Waals surface area (Å²) in [6.45, 7) is 6.01. The van der Waals surface area contributed by atoms with Crippen LogP contribution in [-0.4, -0.2) is 16.6 Å². The SMILES string of the molecule is CC(C)(C)OC(=O)c1ccc2cc(CN)[nH]c2c1. The molecule has 0 unspecified atom stereocenters. The van der Waals surface area contributed by atoms with Crippen molar-refractivity contribution in [2.75, 3.05) is 0 Å². The van der Waals surface area contributed by atoms with Crippen LogP contribution < -0.4 is 5.73 Å². The maximum Gasteiger partial charge on any atom is 0.338 e. The highest BCUT2D eigenvalue weighted by Gasteiger charge is 2.18. The van der Waals surface area contributed by atoms with Crippen molar-refractivity contribution in [3.05, 3.63) is 35.5 Å². The third kappa shape index (κ3) is 2.71. The quantitative estimate of drug-likeness (QED) is 0.800. The van der Waals surface area contributed by atoms with Gasteiger partial charge in [0, 0.05) is 17.8 Å². The van der Waals surface area contributed by atoms with Gasteiger partial charge in [0.25, 0.3) is 0 Å². The number of aromatic nitrogens is 1. The van der Waals surface area contributed by atoms with Crippen molar-refractivity contribution in [1.82, 2.24) is 4.98 Å². The summed E-state index contributed by atoms with van der Waals surface area (Å²) in [5, 5.41) is 1.04. The van der Waals surface area contributed by atoms with Crippen molar-refractivity contribution in [1.29, 1.82) is 0 Å². The second kappa shape index (κ2) is 4.46. The predicted molar refractivity (Wildman–Crippen MR) is 71.4 cm³/mol. The summed E-state index contributed by atoms with van der Waals surface area (Å²) in [7, 11) is 0. The normalized spacial score (nSPS) is 11.8. The van der Waals surface area contributed by atoms with Crippen LogP contribution in [-0.2, 0) is 11.3 Å². The smallest absolute Gasteiger partial charge is 0.338 e. The largest absolute Gasteiger partial charge is 0.456 e. The fourth-order valence-electron chi connectivity index (χ4n) is 1.76. The maximum atomic E-state index is 11.9. The van der Waals surface area contributed by atoms with Gasteiger partial charge < -0.3 is 15.5 Å². The van der Waals surface area contributed by atoms with Crippen LogP contribution in [0, 0.1) is 0 Å². The summed E-state index contributed by atoms with van der Waals surface area (Å²) >= 11 is 0.